The lowest BCUT2D eigenvalue weighted by Crippen LogP contribution is -2.45. The van der Waals surface area contributed by atoms with Crippen LogP contribution >= 0.6 is 0 Å². The number of alkyl carbamates (subject to hydrolysis) is 1. The lowest BCUT2D eigenvalue weighted by atomic mass is 10.2. The van der Waals surface area contributed by atoms with Gasteiger partial charge in [-0.1, -0.05) is 65.1 Å². The minimum absolute atomic E-state index is 0.182. The minimum atomic E-state index is -4.67. The Morgan fingerprint density at radius 2 is 1.12 bits per heavy atom. The third-order valence-corrected chi connectivity index (χ3v) is 10.6. The highest BCUT2D eigenvalue weighted by Gasteiger charge is 2.32. The predicted molar refractivity (Wildman–Crippen MR) is 252 cm³/mol. The lowest BCUT2D eigenvalue weighted by Gasteiger charge is -2.27. The van der Waals surface area contributed by atoms with Gasteiger partial charge in [0.05, 0.1) is 38.2 Å². The second kappa shape index (κ2) is 28.1. The third kappa shape index (κ3) is 20.7. The van der Waals surface area contributed by atoms with Crippen molar-refractivity contribution in [2.75, 3.05) is 66.8 Å². The van der Waals surface area contributed by atoms with E-state index in [9.17, 15) is 47.3 Å². The van der Waals surface area contributed by atoms with Gasteiger partial charge in [0.15, 0.2) is 37.9 Å². The second-order valence-corrected chi connectivity index (χ2v) is 18.9. The Morgan fingerprint density at radius 3 is 1.65 bits per heavy atom. The van der Waals surface area contributed by atoms with Gasteiger partial charge >= 0.3 is 12.1 Å². The average Bonchev–Trinajstić information content (AvgIpc) is 3.32. The van der Waals surface area contributed by atoms with Gasteiger partial charge in [0.1, 0.15) is 17.0 Å². The van der Waals surface area contributed by atoms with Crippen LogP contribution in [0, 0.1) is 10.1 Å². The molecule has 0 aliphatic carbocycles. The number of para-hydroxylation sites is 1. The van der Waals surface area contributed by atoms with E-state index >= 15 is 0 Å². The van der Waals surface area contributed by atoms with Gasteiger partial charge < -0.3 is 19.5 Å². The number of hydrogen-bond acceptors (Lipinski definition) is 18. The molecule has 26 heteroatoms. The first-order valence-corrected chi connectivity index (χ1v) is 23.3. The van der Waals surface area contributed by atoms with E-state index in [2.05, 4.69) is 11.9 Å². The van der Waals surface area contributed by atoms with Gasteiger partial charge in [-0.05, 0) is 70.9 Å². The molecule has 25 nitrogen and oxygen atoms in total. The molecule has 394 valence electrons. The van der Waals surface area contributed by atoms with Gasteiger partial charge in [-0.25, -0.2) is 38.3 Å². The minimum Gasteiger partial charge on any atom is -0.497 e. The van der Waals surface area contributed by atoms with Crippen molar-refractivity contribution in [2.24, 2.45) is 0 Å². The summed E-state index contributed by atoms with van der Waals surface area (Å²) in [6.07, 6.45) is 0.480. The number of nitrogens with zero attached hydrogens (tertiary/aromatic N) is 6. The molecule has 0 aliphatic heterocycles. The number of esters is 1. The number of hydroxylamine groups is 9. The molecule has 0 bridgehead atoms. The van der Waals surface area contributed by atoms with Crippen LogP contribution in [0.3, 0.4) is 0 Å². The fourth-order valence-electron chi connectivity index (χ4n) is 5.61. The van der Waals surface area contributed by atoms with Crippen LogP contribution in [-0.2, 0) is 80.7 Å². The maximum atomic E-state index is 13.9. The van der Waals surface area contributed by atoms with Crippen LogP contribution in [0.1, 0.15) is 52.7 Å². The van der Waals surface area contributed by atoms with Gasteiger partial charge in [-0.2, -0.15) is 0 Å². The normalized spacial score (nSPS) is 11.5. The maximum absolute atomic E-state index is 13.9. The van der Waals surface area contributed by atoms with Crippen molar-refractivity contribution in [1.29, 1.82) is 0 Å². The van der Waals surface area contributed by atoms with Crippen LogP contribution in [0.25, 0.3) is 0 Å². The molecule has 0 unspecified atom stereocenters. The summed E-state index contributed by atoms with van der Waals surface area (Å²) in [5, 5.41) is 17.0. The second-order valence-electron chi connectivity index (χ2n) is 17.0. The zero-order valence-corrected chi connectivity index (χ0v) is 42.1. The molecule has 0 spiro atoms. The number of nitro benzene ring substituents is 1. The third-order valence-electron chi connectivity index (χ3n) is 8.88. The summed E-state index contributed by atoms with van der Waals surface area (Å²) in [5.41, 5.74) is -1.44. The quantitative estimate of drug-likeness (QED) is 0.0470. The van der Waals surface area contributed by atoms with E-state index in [0.717, 1.165) is 29.3 Å². The van der Waals surface area contributed by atoms with E-state index in [4.69, 9.17) is 38.4 Å². The van der Waals surface area contributed by atoms with Crippen LogP contribution in [0.4, 0.5) is 10.5 Å². The van der Waals surface area contributed by atoms with E-state index in [1.165, 1.54) is 25.3 Å². The van der Waals surface area contributed by atoms with Gasteiger partial charge in [-0.3, -0.25) is 53.5 Å². The molecule has 3 aromatic rings. The van der Waals surface area contributed by atoms with E-state index in [1.807, 2.05) is 0 Å². The molecular formula is C46H61N7O18S. The number of nitro groups is 1. The first-order valence-electron chi connectivity index (χ1n) is 21.9. The van der Waals surface area contributed by atoms with Crippen molar-refractivity contribution in [3.63, 3.8) is 0 Å². The molecule has 5 amide bonds. The van der Waals surface area contributed by atoms with Crippen LogP contribution in [0.15, 0.2) is 96.4 Å². The van der Waals surface area contributed by atoms with Gasteiger partial charge in [0, 0.05) is 19.7 Å². The summed E-state index contributed by atoms with van der Waals surface area (Å²) in [6, 6.07) is 19.3. The molecule has 0 saturated heterocycles. The summed E-state index contributed by atoms with van der Waals surface area (Å²) in [6.45, 7) is 7.68. The average molecular weight is 1030 g/mol. The Labute approximate surface area is 416 Å². The van der Waals surface area contributed by atoms with Gasteiger partial charge in [-0.15, -0.1) is 6.58 Å². The molecule has 1 N–H and O–H groups in total. The molecule has 0 atom stereocenters. The lowest BCUT2D eigenvalue weighted by molar-refractivity contribution is -0.387. The number of hydrogen-bond donors (Lipinski definition) is 1. The fraction of sp³-hybridized carbons (Fsp3) is 0.435. The molecule has 72 heavy (non-hydrogen) atoms. The number of carbonyl (C=O) groups excluding carboxylic acids is 6. The Balaban J connectivity index is 1.84. The molecule has 0 heterocycles. The Hall–Kier alpha value is -7.07. The highest BCUT2D eigenvalue weighted by atomic mass is 32.2. The molecule has 0 fully saturated rings. The molecule has 0 saturated carbocycles. The summed E-state index contributed by atoms with van der Waals surface area (Å²) >= 11 is 0. The Morgan fingerprint density at radius 1 is 0.653 bits per heavy atom. The number of rotatable bonds is 28. The van der Waals surface area contributed by atoms with Crippen LogP contribution in [0.2, 0.25) is 0 Å². The van der Waals surface area contributed by atoms with E-state index < -0.39 is 112 Å². The smallest absolute Gasteiger partial charge is 0.407 e. The Bertz CT molecular complexity index is 2430. The molecule has 0 radical (unpaired) electrons. The molecule has 0 aliphatic rings. The number of benzene rings is 3. The number of ether oxygens (including phenoxy) is 3. The number of carbonyl (C=O) groups is 6. The van der Waals surface area contributed by atoms with Crippen molar-refractivity contribution in [2.45, 2.75) is 70.7 Å². The molecule has 3 rings (SSSR count). The summed E-state index contributed by atoms with van der Waals surface area (Å²) in [7, 11) is -2.28. The number of sulfonamides is 1. The molecule has 3 aromatic carbocycles. The Kier molecular flexibility index (Phi) is 23.1. The van der Waals surface area contributed by atoms with Crippen molar-refractivity contribution >= 4 is 51.4 Å². The SMILES string of the molecule is C=CCN(OCC(=O)OC(C)(C)C)C(=O)CON(Cc1ccc(OC)cc1)C(=O)CON(CCNC(=O)OC(C)(C)C)C(=O)CON(Cc1ccccc1)C(=O)CON(C)S(=O)(=O)c1ccccc1[N+](=O)[O-]. The molecule has 0 aromatic heterocycles. The van der Waals surface area contributed by atoms with Crippen molar-refractivity contribution in [3.8, 4) is 5.75 Å². The van der Waals surface area contributed by atoms with Gasteiger partial charge in [0.25, 0.3) is 39.3 Å². The summed E-state index contributed by atoms with van der Waals surface area (Å²) in [4.78, 5) is 117. The summed E-state index contributed by atoms with van der Waals surface area (Å²) in [5.74, 6) is -4.03. The van der Waals surface area contributed by atoms with Crippen LogP contribution in [-0.4, -0.2) is 152 Å². The highest BCUT2D eigenvalue weighted by molar-refractivity contribution is 7.89. The van der Waals surface area contributed by atoms with E-state index in [1.54, 1.807) is 96.1 Å². The largest absolute Gasteiger partial charge is 0.497 e. The first-order chi connectivity index (χ1) is 33.8. The van der Waals surface area contributed by atoms with Crippen LogP contribution in [0.5, 0.6) is 5.75 Å². The van der Waals surface area contributed by atoms with E-state index in [-0.39, 0.29) is 30.6 Å². The number of methoxy groups -OCH3 is 1. The molecular weight excluding hydrogens is 971 g/mol. The van der Waals surface area contributed by atoms with Crippen molar-refractivity contribution < 1.29 is 80.5 Å². The van der Waals surface area contributed by atoms with Crippen molar-refractivity contribution in [3.05, 3.63) is 113 Å². The van der Waals surface area contributed by atoms with Crippen molar-refractivity contribution in [1.82, 2.24) is 30.0 Å². The number of nitrogens with one attached hydrogen (secondary N) is 1. The highest BCUT2D eigenvalue weighted by Crippen LogP contribution is 2.26. The monoisotopic (exact) mass is 1030 g/mol. The predicted octanol–water partition coefficient (Wildman–Crippen LogP) is 3.65. The zero-order chi connectivity index (χ0) is 53.6. The standard InChI is InChI=1S/C46H61N7O18S/c1-10-25-49(69-33-43(58)70-45(2,3)4)39(54)30-67-52(28-35-20-22-36(64-9)23-21-35)42(57)32-66-50(26-24-47-44(59)71-46(5,6)7)40(55)31-68-51(27-34-16-12-11-13-17-34)41(56)29-65-48(8)72(62,63)38-19-15-14-18-37(38)53(60)61/h10-23H,1,24-33H2,2-9H3,(H,47,59). The maximum Gasteiger partial charge on any atom is 0.407 e. The first kappa shape index (κ1) is 59.2. The fourth-order valence-corrected chi connectivity index (χ4v) is 6.73. The van der Waals surface area contributed by atoms with Crippen LogP contribution < -0.4 is 10.1 Å². The number of amides is 5. The van der Waals surface area contributed by atoms with E-state index in [0.29, 0.717) is 27.0 Å². The van der Waals surface area contributed by atoms with Gasteiger partial charge in [0.2, 0.25) is 0 Å². The zero-order valence-electron chi connectivity index (χ0n) is 41.3. The topological polar surface area (TPSA) is 282 Å². The summed E-state index contributed by atoms with van der Waals surface area (Å²) < 4.78 is 42.5.